The van der Waals surface area contributed by atoms with E-state index in [1.165, 1.54) is 186 Å². The summed E-state index contributed by atoms with van der Waals surface area (Å²) in [5.74, 6) is 2.10. The van der Waals surface area contributed by atoms with E-state index in [1.54, 1.807) is 0 Å². The first-order chi connectivity index (χ1) is 19.2. The lowest BCUT2D eigenvalue weighted by molar-refractivity contribution is -0.727. The molecule has 0 fully saturated rings. The smallest absolute Gasteiger partial charge is 0.247 e. The second kappa shape index (κ2) is 27.4. The second-order valence-electron chi connectivity index (χ2n) is 13.1. The van der Waals surface area contributed by atoms with E-state index in [-0.39, 0.29) is 0 Å². The molecule has 39 heavy (non-hydrogen) atoms. The summed E-state index contributed by atoms with van der Waals surface area (Å²) in [5, 5.41) is 0. The van der Waals surface area contributed by atoms with Crippen molar-refractivity contribution in [1.29, 1.82) is 0 Å². The molecule has 0 aliphatic carbocycles. The molecule has 0 aliphatic heterocycles. The van der Waals surface area contributed by atoms with Gasteiger partial charge in [-0.25, -0.2) is 9.55 Å². The predicted octanol–water partition coefficient (Wildman–Crippen LogP) is 12.9. The maximum Gasteiger partial charge on any atom is 0.257 e. The lowest BCUT2D eigenvalue weighted by Gasteiger charge is -2.14. The van der Waals surface area contributed by atoms with Crippen LogP contribution in [0.5, 0.6) is 0 Å². The van der Waals surface area contributed by atoms with Crippen LogP contribution in [-0.4, -0.2) is 4.98 Å². The van der Waals surface area contributed by atoms with E-state index in [2.05, 4.69) is 49.6 Å². The highest BCUT2D eigenvalue weighted by atomic mass is 15.1. The van der Waals surface area contributed by atoms with E-state index in [1.807, 2.05) is 0 Å². The van der Waals surface area contributed by atoms with Crippen molar-refractivity contribution in [2.75, 3.05) is 0 Å². The summed E-state index contributed by atoms with van der Waals surface area (Å²) in [6, 6.07) is 0.619. The summed E-state index contributed by atoms with van der Waals surface area (Å²) in [5.41, 5.74) is 0. The van der Waals surface area contributed by atoms with Crippen LogP contribution >= 0.6 is 0 Å². The topological polar surface area (TPSA) is 19.7 Å². The van der Waals surface area contributed by atoms with Gasteiger partial charge in [-0.15, -0.1) is 0 Å². The maximum absolute atomic E-state index is 3.59. The highest BCUT2D eigenvalue weighted by molar-refractivity contribution is 4.87. The zero-order chi connectivity index (χ0) is 28.2. The fourth-order valence-corrected chi connectivity index (χ4v) is 6.34. The van der Waals surface area contributed by atoms with Gasteiger partial charge in [-0.2, -0.15) is 0 Å². The molecule has 1 N–H and O–H groups in total. The maximum atomic E-state index is 3.59. The molecule has 1 rings (SSSR count). The summed E-state index contributed by atoms with van der Waals surface area (Å²) in [6.45, 7) is 9.47. The van der Waals surface area contributed by atoms with Crippen LogP contribution in [0.3, 0.4) is 0 Å². The Kier molecular flexibility index (Phi) is 25.4. The molecule has 1 heterocycles. The second-order valence-corrected chi connectivity index (χ2v) is 13.1. The third-order valence-electron chi connectivity index (χ3n) is 9.15. The molecule has 2 nitrogen and oxygen atoms in total. The first-order valence-electron chi connectivity index (χ1n) is 18.3. The van der Waals surface area contributed by atoms with E-state index in [4.69, 9.17) is 0 Å². The minimum atomic E-state index is 0.619. The Hall–Kier alpha value is -0.790. The van der Waals surface area contributed by atoms with Crippen molar-refractivity contribution in [3.8, 4) is 0 Å². The normalized spacial score (nSPS) is 13.2. The van der Waals surface area contributed by atoms with Gasteiger partial charge in [-0.3, -0.25) is 0 Å². The zero-order valence-electron chi connectivity index (χ0n) is 27.6. The summed E-state index contributed by atoms with van der Waals surface area (Å²) in [4.78, 5) is 3.59. The number of H-pyrrole nitrogens is 1. The number of rotatable bonds is 30. The van der Waals surface area contributed by atoms with Gasteiger partial charge in [0.2, 0.25) is 0 Å². The predicted molar refractivity (Wildman–Crippen MR) is 175 cm³/mol. The lowest BCUT2D eigenvalue weighted by atomic mass is 10.00. The molecule has 0 amide bonds. The third kappa shape index (κ3) is 20.7. The van der Waals surface area contributed by atoms with Gasteiger partial charge in [0, 0.05) is 0 Å². The van der Waals surface area contributed by atoms with Crippen LogP contribution in [-0.2, 0) is 0 Å². The molecular weight excluding hydrogens is 472 g/mol. The minimum absolute atomic E-state index is 0.619. The van der Waals surface area contributed by atoms with E-state index >= 15 is 0 Å². The van der Waals surface area contributed by atoms with Crippen LogP contribution in [0.15, 0.2) is 12.4 Å². The average Bonchev–Trinajstić information content (AvgIpc) is 3.44. The number of nitrogens with one attached hydrogen (secondary N) is 1. The zero-order valence-corrected chi connectivity index (χ0v) is 27.6. The Labute approximate surface area is 246 Å². The van der Waals surface area contributed by atoms with E-state index in [0.717, 1.165) is 0 Å². The molecule has 0 spiro atoms. The number of hydrogen-bond acceptors (Lipinski definition) is 0. The monoisotopic (exact) mass is 546 g/mol. The van der Waals surface area contributed by atoms with E-state index in [0.29, 0.717) is 12.0 Å². The van der Waals surface area contributed by atoms with Gasteiger partial charge in [0.05, 0.1) is 12.0 Å². The van der Waals surface area contributed by atoms with Gasteiger partial charge in [-0.05, 0) is 26.2 Å². The van der Waals surface area contributed by atoms with Crippen molar-refractivity contribution in [2.45, 2.75) is 219 Å². The SMILES string of the molecule is CCCCCCCCCCCCCCCCCC(C)[n+]1cc[nH]c1C(C)CCCCCCCCCCCCC. The molecule has 0 bridgehead atoms. The Morgan fingerprint density at radius 2 is 0.821 bits per heavy atom. The van der Waals surface area contributed by atoms with Gasteiger partial charge < -0.3 is 0 Å². The summed E-state index contributed by atoms with van der Waals surface area (Å²) in [6.07, 6.45) is 44.5. The van der Waals surface area contributed by atoms with Gasteiger partial charge in [0.25, 0.3) is 5.82 Å². The number of aromatic nitrogens is 2. The average molecular weight is 546 g/mol. The molecule has 2 atom stereocenters. The Morgan fingerprint density at radius 1 is 0.487 bits per heavy atom. The lowest BCUT2D eigenvalue weighted by Crippen LogP contribution is -2.40. The summed E-state index contributed by atoms with van der Waals surface area (Å²) >= 11 is 0. The van der Waals surface area contributed by atoms with Gasteiger partial charge in [0.1, 0.15) is 12.4 Å². The van der Waals surface area contributed by atoms with Crippen molar-refractivity contribution < 1.29 is 4.57 Å². The molecule has 0 radical (unpaired) electrons. The van der Waals surface area contributed by atoms with Crippen LogP contribution in [0.4, 0.5) is 0 Å². The summed E-state index contributed by atoms with van der Waals surface area (Å²) < 4.78 is 2.55. The van der Waals surface area contributed by atoms with Gasteiger partial charge in [0.15, 0.2) is 0 Å². The molecule has 1 aromatic rings. The first kappa shape index (κ1) is 36.2. The van der Waals surface area contributed by atoms with Crippen molar-refractivity contribution in [1.82, 2.24) is 4.98 Å². The molecule has 230 valence electrons. The fourth-order valence-electron chi connectivity index (χ4n) is 6.34. The van der Waals surface area contributed by atoms with Crippen LogP contribution in [0.25, 0.3) is 0 Å². The molecule has 1 aromatic heterocycles. The van der Waals surface area contributed by atoms with Crippen molar-refractivity contribution in [3.05, 3.63) is 18.2 Å². The Morgan fingerprint density at radius 3 is 1.21 bits per heavy atom. The van der Waals surface area contributed by atoms with E-state index in [9.17, 15) is 0 Å². The largest absolute Gasteiger partial charge is 0.257 e. The van der Waals surface area contributed by atoms with Gasteiger partial charge >= 0.3 is 0 Å². The number of nitrogens with zero attached hydrogens (tertiary/aromatic N) is 1. The molecule has 0 saturated carbocycles. The standard InChI is InChI=1S/C37H72N2/c1-5-7-9-11-13-15-17-18-19-20-22-24-26-28-30-32-36(4)39-34-33-38-37(39)35(3)31-29-27-25-23-21-16-14-12-10-8-6-2/h33-36H,5-32H2,1-4H3/p+1. The van der Waals surface area contributed by atoms with Crippen molar-refractivity contribution >= 4 is 0 Å². The van der Waals surface area contributed by atoms with Crippen molar-refractivity contribution in [2.24, 2.45) is 0 Å². The van der Waals surface area contributed by atoms with Crippen LogP contribution < -0.4 is 4.57 Å². The molecular formula is C37H73N2+. The fraction of sp³-hybridized carbons (Fsp3) is 0.919. The Bertz CT molecular complexity index is 606. The molecule has 0 aromatic carbocycles. The van der Waals surface area contributed by atoms with Gasteiger partial charge in [-0.1, -0.05) is 181 Å². The number of hydrogen-bond donors (Lipinski definition) is 1. The number of unbranched alkanes of at least 4 members (excludes halogenated alkanes) is 24. The van der Waals surface area contributed by atoms with Crippen LogP contribution in [0.1, 0.15) is 225 Å². The van der Waals surface area contributed by atoms with Crippen LogP contribution in [0, 0.1) is 0 Å². The van der Waals surface area contributed by atoms with Crippen molar-refractivity contribution in [3.63, 3.8) is 0 Å². The Balaban J connectivity index is 2.00. The number of aromatic amines is 1. The molecule has 2 unspecified atom stereocenters. The van der Waals surface area contributed by atoms with E-state index < -0.39 is 0 Å². The first-order valence-corrected chi connectivity index (χ1v) is 18.3. The molecule has 0 aliphatic rings. The summed E-state index contributed by atoms with van der Waals surface area (Å²) in [7, 11) is 0. The third-order valence-corrected chi connectivity index (χ3v) is 9.15. The minimum Gasteiger partial charge on any atom is -0.247 e. The molecule has 0 saturated heterocycles. The highest BCUT2D eigenvalue weighted by Crippen LogP contribution is 2.21. The highest BCUT2D eigenvalue weighted by Gasteiger charge is 2.22. The number of imidazole rings is 1. The van der Waals surface area contributed by atoms with Crippen LogP contribution in [0.2, 0.25) is 0 Å². The quantitative estimate of drug-likeness (QED) is 0.0732. The molecule has 2 heteroatoms.